The molecular weight excluding hydrogens is 334 g/mol. The Balaban J connectivity index is 1.82. The number of carbonyl (C=O) groups excluding carboxylic acids is 1. The van der Waals surface area contributed by atoms with Crippen LogP contribution in [0.25, 0.3) is 0 Å². The van der Waals surface area contributed by atoms with Crippen LogP contribution in [-0.2, 0) is 9.47 Å². The monoisotopic (exact) mass is 357 g/mol. The number of hydrogen-bond acceptors (Lipinski definition) is 5. The summed E-state index contributed by atoms with van der Waals surface area (Å²) in [4.78, 5) is 22.3. The number of rotatable bonds is 8. The molecule has 0 aromatic heterocycles. The lowest BCUT2D eigenvalue weighted by Gasteiger charge is -2.14. The van der Waals surface area contributed by atoms with Crippen molar-refractivity contribution in [1.82, 2.24) is 0 Å². The summed E-state index contributed by atoms with van der Waals surface area (Å²) in [6.07, 6.45) is 9.64. The molecule has 2 atom stereocenters. The second kappa shape index (κ2) is 9.68. The molecule has 0 N–H and O–H groups in total. The third-order valence-corrected chi connectivity index (χ3v) is 4.17. The maximum Gasteiger partial charge on any atom is 0.338 e. The lowest BCUT2D eigenvalue weighted by molar-refractivity contribution is -0.384. The Kier molecular flexibility index (Phi) is 7.29. The molecule has 0 bridgehead atoms. The molecule has 0 aliphatic heterocycles. The van der Waals surface area contributed by atoms with E-state index in [0.29, 0.717) is 18.6 Å². The largest absolute Gasteiger partial charge is 0.459 e. The SMILES string of the molecule is C=C/C(=C\C=C/C)COC1CCC(OC(=O)c2ccc([N+](=O)[O-])cc2)C1. The van der Waals surface area contributed by atoms with Crippen molar-refractivity contribution in [2.75, 3.05) is 6.61 Å². The van der Waals surface area contributed by atoms with E-state index >= 15 is 0 Å². The molecule has 6 heteroatoms. The quantitative estimate of drug-likeness (QED) is 0.299. The molecule has 1 aromatic rings. The zero-order valence-corrected chi connectivity index (χ0v) is 14.8. The number of nitrogens with zero attached hydrogens (tertiary/aromatic N) is 1. The van der Waals surface area contributed by atoms with Gasteiger partial charge in [0, 0.05) is 18.6 Å². The van der Waals surface area contributed by atoms with E-state index in [4.69, 9.17) is 9.47 Å². The Morgan fingerprint density at radius 2 is 2.00 bits per heavy atom. The number of allylic oxidation sites excluding steroid dienone is 3. The highest BCUT2D eigenvalue weighted by molar-refractivity contribution is 5.89. The van der Waals surface area contributed by atoms with Crippen LogP contribution in [0.2, 0.25) is 0 Å². The Morgan fingerprint density at radius 3 is 2.62 bits per heavy atom. The number of nitro groups is 1. The first-order chi connectivity index (χ1) is 12.5. The van der Waals surface area contributed by atoms with Gasteiger partial charge < -0.3 is 9.47 Å². The van der Waals surface area contributed by atoms with Crippen LogP contribution in [0.15, 0.2) is 60.7 Å². The Morgan fingerprint density at radius 1 is 1.31 bits per heavy atom. The van der Waals surface area contributed by atoms with Crippen LogP contribution in [0.1, 0.15) is 36.5 Å². The third kappa shape index (κ3) is 5.67. The second-order valence-electron chi connectivity index (χ2n) is 6.05. The van der Waals surface area contributed by atoms with Crippen molar-refractivity contribution < 1.29 is 19.2 Å². The zero-order chi connectivity index (χ0) is 18.9. The molecule has 0 spiro atoms. The molecule has 1 aromatic carbocycles. The van der Waals surface area contributed by atoms with Gasteiger partial charge in [0.05, 0.1) is 23.2 Å². The molecule has 0 radical (unpaired) electrons. The summed E-state index contributed by atoms with van der Waals surface area (Å²) in [5, 5.41) is 10.6. The molecule has 1 saturated carbocycles. The standard InChI is InChI=1S/C20H23NO5/c1-3-5-6-15(4-2)14-25-18-11-12-19(13-18)26-20(22)16-7-9-17(10-8-16)21(23)24/h3-10,18-19H,2,11-14H2,1H3/b5-3-,15-6+. The summed E-state index contributed by atoms with van der Waals surface area (Å²) in [7, 11) is 0. The van der Waals surface area contributed by atoms with Crippen LogP contribution in [0.4, 0.5) is 5.69 Å². The van der Waals surface area contributed by atoms with Crippen molar-refractivity contribution in [3.63, 3.8) is 0 Å². The predicted octanol–water partition coefficient (Wildman–Crippen LogP) is 4.38. The smallest absolute Gasteiger partial charge is 0.338 e. The molecule has 2 unspecified atom stereocenters. The summed E-state index contributed by atoms with van der Waals surface area (Å²) in [6, 6.07) is 5.41. The van der Waals surface area contributed by atoms with E-state index in [1.807, 2.05) is 25.2 Å². The van der Waals surface area contributed by atoms with Crippen LogP contribution in [0.3, 0.4) is 0 Å². The van der Waals surface area contributed by atoms with Crippen molar-refractivity contribution in [2.24, 2.45) is 0 Å². The minimum atomic E-state index is -0.504. The van der Waals surface area contributed by atoms with Crippen LogP contribution < -0.4 is 0 Å². The summed E-state index contributed by atoms with van der Waals surface area (Å²) in [5.41, 5.74) is 1.25. The fourth-order valence-electron chi connectivity index (χ4n) is 2.71. The molecule has 0 saturated heterocycles. The van der Waals surface area contributed by atoms with Gasteiger partial charge in [-0.1, -0.05) is 30.9 Å². The van der Waals surface area contributed by atoms with Crippen molar-refractivity contribution in [1.29, 1.82) is 0 Å². The van der Waals surface area contributed by atoms with E-state index in [1.54, 1.807) is 6.08 Å². The number of carbonyl (C=O) groups is 1. The summed E-state index contributed by atoms with van der Waals surface area (Å²) in [5.74, 6) is -0.467. The molecule has 2 rings (SSSR count). The van der Waals surface area contributed by atoms with E-state index in [0.717, 1.165) is 18.4 Å². The minimum Gasteiger partial charge on any atom is -0.459 e. The molecule has 6 nitrogen and oxygen atoms in total. The fraction of sp³-hybridized carbons (Fsp3) is 0.350. The Hall–Kier alpha value is -2.73. The van der Waals surface area contributed by atoms with Crippen molar-refractivity contribution >= 4 is 11.7 Å². The number of ether oxygens (including phenoxy) is 2. The van der Waals surface area contributed by atoms with Gasteiger partial charge in [-0.15, -0.1) is 0 Å². The number of esters is 1. The number of non-ortho nitro benzene ring substituents is 1. The zero-order valence-electron chi connectivity index (χ0n) is 14.8. The van der Waals surface area contributed by atoms with Gasteiger partial charge in [0.2, 0.25) is 0 Å². The van der Waals surface area contributed by atoms with Gasteiger partial charge in [-0.05, 0) is 37.5 Å². The molecule has 0 heterocycles. The highest BCUT2D eigenvalue weighted by Crippen LogP contribution is 2.26. The Bertz CT molecular complexity index is 705. The molecule has 138 valence electrons. The van der Waals surface area contributed by atoms with Gasteiger partial charge in [-0.2, -0.15) is 0 Å². The third-order valence-electron chi connectivity index (χ3n) is 4.17. The van der Waals surface area contributed by atoms with E-state index in [-0.39, 0.29) is 17.9 Å². The predicted molar refractivity (Wildman–Crippen MR) is 99.0 cm³/mol. The lowest BCUT2D eigenvalue weighted by Crippen LogP contribution is -2.17. The molecular formula is C20H23NO5. The molecule has 1 fully saturated rings. The molecule has 1 aliphatic rings. The van der Waals surface area contributed by atoms with E-state index < -0.39 is 10.9 Å². The van der Waals surface area contributed by atoms with Crippen molar-refractivity contribution in [3.8, 4) is 0 Å². The lowest BCUT2D eigenvalue weighted by atomic mass is 10.2. The summed E-state index contributed by atoms with van der Waals surface area (Å²) in [6.45, 7) is 6.19. The van der Waals surface area contributed by atoms with Crippen LogP contribution >= 0.6 is 0 Å². The number of benzene rings is 1. The first-order valence-electron chi connectivity index (χ1n) is 8.54. The van der Waals surface area contributed by atoms with Gasteiger partial charge in [0.15, 0.2) is 0 Å². The first-order valence-corrected chi connectivity index (χ1v) is 8.54. The van der Waals surface area contributed by atoms with Crippen molar-refractivity contribution in [3.05, 3.63) is 76.4 Å². The average molecular weight is 357 g/mol. The first kappa shape index (κ1) is 19.6. The normalized spacial score (nSPS) is 20.3. The number of hydrogen-bond donors (Lipinski definition) is 0. The molecule has 0 amide bonds. The van der Waals surface area contributed by atoms with Gasteiger partial charge in [-0.25, -0.2) is 4.79 Å². The van der Waals surface area contributed by atoms with E-state index in [1.165, 1.54) is 24.3 Å². The maximum absolute atomic E-state index is 12.2. The van der Waals surface area contributed by atoms with Gasteiger partial charge >= 0.3 is 5.97 Å². The van der Waals surface area contributed by atoms with Crippen molar-refractivity contribution in [2.45, 2.75) is 38.4 Å². The van der Waals surface area contributed by atoms with Crippen LogP contribution in [0.5, 0.6) is 0 Å². The van der Waals surface area contributed by atoms with Gasteiger partial charge in [0.25, 0.3) is 5.69 Å². The van der Waals surface area contributed by atoms with Gasteiger partial charge in [0.1, 0.15) is 6.10 Å². The topological polar surface area (TPSA) is 78.7 Å². The highest BCUT2D eigenvalue weighted by Gasteiger charge is 2.28. The highest BCUT2D eigenvalue weighted by atomic mass is 16.6. The van der Waals surface area contributed by atoms with E-state index in [2.05, 4.69) is 6.58 Å². The van der Waals surface area contributed by atoms with E-state index in [9.17, 15) is 14.9 Å². The van der Waals surface area contributed by atoms with Crippen LogP contribution in [0, 0.1) is 10.1 Å². The van der Waals surface area contributed by atoms with Crippen LogP contribution in [-0.4, -0.2) is 29.7 Å². The Labute approximate surface area is 153 Å². The number of nitro benzene ring substituents is 1. The maximum atomic E-state index is 12.2. The average Bonchev–Trinajstić information content (AvgIpc) is 3.09. The molecule has 26 heavy (non-hydrogen) atoms. The molecule has 1 aliphatic carbocycles. The second-order valence-corrected chi connectivity index (χ2v) is 6.05. The van der Waals surface area contributed by atoms with Gasteiger partial charge in [-0.3, -0.25) is 10.1 Å². The minimum absolute atomic E-state index is 0.0404. The summed E-state index contributed by atoms with van der Waals surface area (Å²) >= 11 is 0. The summed E-state index contributed by atoms with van der Waals surface area (Å²) < 4.78 is 11.4. The fourth-order valence-corrected chi connectivity index (χ4v) is 2.71.